The number of nitro benzene ring substituents is 1. The summed E-state index contributed by atoms with van der Waals surface area (Å²) >= 11 is 1.10. The molecule has 3 aromatic rings. The molecule has 9 nitrogen and oxygen atoms in total. The summed E-state index contributed by atoms with van der Waals surface area (Å²) in [6.07, 6.45) is 3.23. The molecule has 2 heterocycles. The summed E-state index contributed by atoms with van der Waals surface area (Å²) < 4.78 is 5.47. The second-order valence-electron chi connectivity index (χ2n) is 4.75. The van der Waals surface area contributed by atoms with E-state index in [1.807, 2.05) is 0 Å². The van der Waals surface area contributed by atoms with Gasteiger partial charge in [-0.15, -0.1) is 10.2 Å². The molecule has 1 N–H and O–H groups in total. The second kappa shape index (κ2) is 7.53. The topological polar surface area (TPSA) is 124 Å². The number of hydrogen-bond acceptors (Lipinski definition) is 8. The maximum atomic E-state index is 11.9. The Hall–Kier alpha value is -3.27. The number of amides is 1. The average molecular weight is 357 g/mol. The van der Waals surface area contributed by atoms with Crippen molar-refractivity contribution in [1.82, 2.24) is 15.2 Å². The van der Waals surface area contributed by atoms with Crippen molar-refractivity contribution in [2.24, 2.45) is 0 Å². The lowest BCUT2D eigenvalue weighted by atomic mass is 10.3. The molecule has 0 spiro atoms. The van der Waals surface area contributed by atoms with Crippen molar-refractivity contribution in [3.05, 3.63) is 58.9 Å². The Kier molecular flexibility index (Phi) is 5.00. The van der Waals surface area contributed by atoms with Crippen molar-refractivity contribution in [2.75, 3.05) is 11.1 Å². The van der Waals surface area contributed by atoms with Gasteiger partial charge in [-0.1, -0.05) is 11.8 Å². The molecule has 0 saturated carbocycles. The van der Waals surface area contributed by atoms with Crippen molar-refractivity contribution < 1.29 is 14.1 Å². The number of nitrogens with zero attached hydrogens (tertiary/aromatic N) is 4. The fourth-order valence-electron chi connectivity index (χ4n) is 1.87. The summed E-state index contributed by atoms with van der Waals surface area (Å²) in [4.78, 5) is 25.9. The zero-order valence-electron chi connectivity index (χ0n) is 12.7. The molecule has 25 heavy (non-hydrogen) atoms. The lowest BCUT2D eigenvalue weighted by molar-refractivity contribution is -0.384. The molecule has 0 fully saturated rings. The molecule has 1 aromatic carbocycles. The molecule has 3 rings (SSSR count). The van der Waals surface area contributed by atoms with Gasteiger partial charge < -0.3 is 9.73 Å². The first-order valence-corrected chi connectivity index (χ1v) is 8.01. The number of benzene rings is 1. The Labute approximate surface area is 145 Å². The molecule has 126 valence electrons. The van der Waals surface area contributed by atoms with Crippen molar-refractivity contribution >= 4 is 29.0 Å². The van der Waals surface area contributed by atoms with E-state index < -0.39 is 4.92 Å². The molecule has 1 amide bonds. The Bertz CT molecular complexity index is 882. The highest BCUT2D eigenvalue weighted by Gasteiger charge is 2.12. The lowest BCUT2D eigenvalue weighted by Gasteiger charge is -2.03. The third-order valence-corrected chi connectivity index (χ3v) is 3.84. The largest absolute Gasteiger partial charge is 0.411 e. The number of hydrogen-bond donors (Lipinski definition) is 1. The van der Waals surface area contributed by atoms with E-state index in [0.29, 0.717) is 11.6 Å². The van der Waals surface area contributed by atoms with E-state index >= 15 is 0 Å². The van der Waals surface area contributed by atoms with Crippen molar-refractivity contribution in [2.45, 2.75) is 5.22 Å². The van der Waals surface area contributed by atoms with Crippen LogP contribution in [0.3, 0.4) is 0 Å². The maximum absolute atomic E-state index is 11.9. The van der Waals surface area contributed by atoms with Crippen LogP contribution in [-0.4, -0.2) is 31.8 Å². The minimum Gasteiger partial charge on any atom is -0.411 e. The van der Waals surface area contributed by atoms with Gasteiger partial charge in [-0.05, 0) is 24.3 Å². The summed E-state index contributed by atoms with van der Waals surface area (Å²) in [6.45, 7) is 0. The van der Waals surface area contributed by atoms with Crippen molar-refractivity contribution in [3.63, 3.8) is 0 Å². The van der Waals surface area contributed by atoms with Gasteiger partial charge in [-0.25, -0.2) is 0 Å². The van der Waals surface area contributed by atoms with Crippen LogP contribution in [0.1, 0.15) is 0 Å². The predicted molar refractivity (Wildman–Crippen MR) is 90.0 cm³/mol. The van der Waals surface area contributed by atoms with Crippen LogP contribution in [-0.2, 0) is 4.79 Å². The number of thioether (sulfide) groups is 1. The third-order valence-electron chi connectivity index (χ3n) is 3.02. The highest BCUT2D eigenvalue weighted by molar-refractivity contribution is 7.99. The number of non-ortho nitro benzene ring substituents is 1. The molecule has 0 bridgehead atoms. The summed E-state index contributed by atoms with van der Waals surface area (Å²) in [7, 11) is 0. The summed E-state index contributed by atoms with van der Waals surface area (Å²) in [5.41, 5.74) is 1.17. The molecule has 10 heteroatoms. The van der Waals surface area contributed by atoms with Crippen LogP contribution >= 0.6 is 11.8 Å². The van der Waals surface area contributed by atoms with E-state index in [1.165, 1.54) is 24.3 Å². The number of carbonyl (C=O) groups excluding carboxylic acids is 1. The highest BCUT2D eigenvalue weighted by Crippen LogP contribution is 2.23. The normalized spacial score (nSPS) is 10.4. The average Bonchev–Trinajstić information content (AvgIpc) is 3.10. The maximum Gasteiger partial charge on any atom is 0.277 e. The van der Waals surface area contributed by atoms with Crippen molar-refractivity contribution in [3.8, 4) is 11.5 Å². The van der Waals surface area contributed by atoms with Gasteiger partial charge in [0.1, 0.15) is 0 Å². The number of rotatable bonds is 6. The lowest BCUT2D eigenvalue weighted by Crippen LogP contribution is -2.13. The van der Waals surface area contributed by atoms with Crippen LogP contribution in [0.2, 0.25) is 0 Å². The van der Waals surface area contributed by atoms with E-state index in [9.17, 15) is 14.9 Å². The minimum atomic E-state index is -0.503. The second-order valence-corrected chi connectivity index (χ2v) is 5.68. The van der Waals surface area contributed by atoms with Crippen LogP contribution in [0.15, 0.2) is 58.4 Å². The van der Waals surface area contributed by atoms with Crippen LogP contribution in [0.4, 0.5) is 11.4 Å². The Balaban J connectivity index is 1.54. The zero-order chi connectivity index (χ0) is 17.6. The number of pyridine rings is 1. The third kappa shape index (κ3) is 4.38. The summed E-state index contributed by atoms with van der Waals surface area (Å²) in [6, 6.07) is 9.06. The van der Waals surface area contributed by atoms with E-state index in [1.54, 1.807) is 24.5 Å². The van der Waals surface area contributed by atoms with Gasteiger partial charge in [-0.3, -0.25) is 19.9 Å². The number of aromatic nitrogens is 3. The summed E-state index contributed by atoms with van der Waals surface area (Å²) in [5, 5.41) is 21.3. The molecule has 2 aromatic heterocycles. The van der Waals surface area contributed by atoms with E-state index in [-0.39, 0.29) is 22.6 Å². The Morgan fingerprint density at radius 1 is 1.16 bits per heavy atom. The zero-order valence-corrected chi connectivity index (χ0v) is 13.5. The quantitative estimate of drug-likeness (QED) is 0.406. The van der Waals surface area contributed by atoms with Gasteiger partial charge in [0.05, 0.1) is 10.7 Å². The van der Waals surface area contributed by atoms with Gasteiger partial charge >= 0.3 is 0 Å². The van der Waals surface area contributed by atoms with Gasteiger partial charge in [0.25, 0.3) is 10.9 Å². The molecule has 0 aliphatic carbocycles. The van der Waals surface area contributed by atoms with E-state index in [4.69, 9.17) is 4.42 Å². The van der Waals surface area contributed by atoms with Crippen molar-refractivity contribution in [1.29, 1.82) is 0 Å². The van der Waals surface area contributed by atoms with E-state index in [0.717, 1.165) is 17.3 Å². The molecule has 0 unspecified atom stereocenters. The van der Waals surface area contributed by atoms with E-state index in [2.05, 4.69) is 20.5 Å². The summed E-state index contributed by atoms with van der Waals surface area (Å²) in [5.74, 6) is 0.123. The molecule has 0 aliphatic heterocycles. The van der Waals surface area contributed by atoms with Gasteiger partial charge in [0.15, 0.2) is 0 Å². The van der Waals surface area contributed by atoms with Gasteiger partial charge in [0, 0.05) is 35.8 Å². The Morgan fingerprint density at radius 2 is 1.88 bits per heavy atom. The number of anilines is 1. The van der Waals surface area contributed by atoms with Gasteiger partial charge in [-0.2, -0.15) is 0 Å². The fraction of sp³-hybridized carbons (Fsp3) is 0.0667. The number of carbonyl (C=O) groups is 1. The molecular weight excluding hydrogens is 346 g/mol. The first-order chi connectivity index (χ1) is 12.1. The van der Waals surface area contributed by atoms with Crippen LogP contribution in [0.5, 0.6) is 0 Å². The first-order valence-electron chi connectivity index (χ1n) is 7.03. The molecule has 0 radical (unpaired) electrons. The Morgan fingerprint density at radius 3 is 2.56 bits per heavy atom. The van der Waals surface area contributed by atoms with Crippen LogP contribution in [0, 0.1) is 10.1 Å². The number of nitro groups is 1. The SMILES string of the molecule is O=C(CSc1nnc(-c2ccncc2)o1)Nc1ccc([N+](=O)[O-])cc1. The first kappa shape index (κ1) is 16.6. The van der Waals surface area contributed by atoms with Crippen LogP contribution in [0.25, 0.3) is 11.5 Å². The predicted octanol–water partition coefficient (Wildman–Crippen LogP) is 2.77. The standard InChI is InChI=1S/C15H11N5O4S/c21-13(17-11-1-3-12(4-2-11)20(22)23)9-25-15-19-18-14(24-15)10-5-7-16-8-6-10/h1-8H,9H2,(H,17,21). The monoisotopic (exact) mass is 357 g/mol. The van der Waals surface area contributed by atoms with Gasteiger partial charge in [0.2, 0.25) is 11.8 Å². The van der Waals surface area contributed by atoms with Crippen LogP contribution < -0.4 is 5.32 Å². The minimum absolute atomic E-state index is 0.0399. The molecule has 0 aliphatic rings. The fourth-order valence-corrected chi connectivity index (χ4v) is 2.43. The molecule has 0 atom stereocenters. The number of nitrogens with one attached hydrogen (secondary N) is 1. The highest BCUT2D eigenvalue weighted by atomic mass is 32.2. The smallest absolute Gasteiger partial charge is 0.277 e. The molecule has 0 saturated heterocycles. The molecular formula is C15H11N5O4S.